The number of hydrogen-bond acceptors (Lipinski definition) is 4. The van der Waals surface area contributed by atoms with Crippen LogP contribution in [0.15, 0.2) is 11.3 Å². The Morgan fingerprint density at radius 3 is 2.20 bits per heavy atom. The fourth-order valence-electron chi connectivity index (χ4n) is 2.46. The maximum Gasteiger partial charge on any atom is 0.319 e. The summed E-state index contributed by atoms with van der Waals surface area (Å²) in [5.41, 5.74) is 5.29. The summed E-state index contributed by atoms with van der Waals surface area (Å²) in [6.07, 6.45) is 8.12. The van der Waals surface area contributed by atoms with E-state index in [4.69, 9.17) is 11.0 Å². The van der Waals surface area contributed by atoms with Crippen LogP contribution < -0.4 is 16.4 Å². The van der Waals surface area contributed by atoms with Crippen molar-refractivity contribution in [3.63, 3.8) is 0 Å². The van der Waals surface area contributed by atoms with Crippen molar-refractivity contribution in [1.82, 2.24) is 10.6 Å². The monoisotopic (exact) mass is 278 g/mol. The highest BCUT2D eigenvalue weighted by atomic mass is 16.2. The molecule has 3 amide bonds. The minimum Gasteiger partial charge on any atom is -0.385 e. The third-order valence-corrected chi connectivity index (χ3v) is 3.48. The maximum atomic E-state index is 11.7. The molecule has 0 bridgehead atoms. The molecule has 0 aromatic rings. The first-order valence-electron chi connectivity index (χ1n) is 7.03. The number of nitrogens with one attached hydrogen (secondary N) is 2. The second kappa shape index (κ2) is 8.20. The van der Waals surface area contributed by atoms with E-state index < -0.39 is 11.9 Å². The second-order valence-corrected chi connectivity index (χ2v) is 5.12. The zero-order valence-corrected chi connectivity index (χ0v) is 11.9. The van der Waals surface area contributed by atoms with Crippen LogP contribution in [0.5, 0.6) is 0 Å². The zero-order chi connectivity index (χ0) is 15.0. The lowest BCUT2D eigenvalue weighted by atomic mass is 9.96. The normalized spacial score (nSPS) is 18.0. The fraction of sp³-hybridized carbons (Fsp3) is 0.643. The third-order valence-electron chi connectivity index (χ3n) is 3.48. The number of rotatable bonds is 3. The van der Waals surface area contributed by atoms with Crippen molar-refractivity contribution in [2.24, 2.45) is 5.73 Å². The molecule has 6 nitrogen and oxygen atoms in total. The Balaban J connectivity index is 2.70. The number of carbonyl (C=O) groups is 2. The second-order valence-electron chi connectivity index (χ2n) is 5.12. The minimum atomic E-state index is -0.957. The van der Waals surface area contributed by atoms with Crippen molar-refractivity contribution in [1.29, 1.82) is 5.26 Å². The summed E-state index contributed by atoms with van der Waals surface area (Å²) in [5.74, 6) is -0.754. The highest BCUT2D eigenvalue weighted by molar-refractivity contribution is 6.06. The van der Waals surface area contributed by atoms with E-state index in [0.29, 0.717) is 5.70 Å². The maximum absolute atomic E-state index is 11.7. The first-order chi connectivity index (χ1) is 9.54. The Kier molecular flexibility index (Phi) is 6.57. The predicted molar refractivity (Wildman–Crippen MR) is 75.3 cm³/mol. The Morgan fingerprint density at radius 2 is 1.70 bits per heavy atom. The average molecular weight is 278 g/mol. The summed E-state index contributed by atoms with van der Waals surface area (Å²) < 4.78 is 0. The number of imide groups is 1. The van der Waals surface area contributed by atoms with Gasteiger partial charge in [-0.2, -0.15) is 5.26 Å². The first kappa shape index (κ1) is 16.0. The van der Waals surface area contributed by atoms with Gasteiger partial charge in [0.15, 0.2) is 0 Å². The molecule has 4 N–H and O–H groups in total. The van der Waals surface area contributed by atoms with Crippen LogP contribution in [-0.4, -0.2) is 18.0 Å². The van der Waals surface area contributed by atoms with Gasteiger partial charge in [0.2, 0.25) is 0 Å². The molecule has 0 aliphatic heterocycles. The summed E-state index contributed by atoms with van der Waals surface area (Å²) >= 11 is 0. The molecular weight excluding hydrogens is 256 g/mol. The van der Waals surface area contributed by atoms with Gasteiger partial charge in [0.1, 0.15) is 11.6 Å². The molecule has 1 aliphatic carbocycles. The van der Waals surface area contributed by atoms with Crippen molar-refractivity contribution in [2.45, 2.75) is 57.9 Å². The van der Waals surface area contributed by atoms with Gasteiger partial charge in [0.05, 0.1) is 0 Å². The van der Waals surface area contributed by atoms with E-state index in [1.54, 1.807) is 6.92 Å². The van der Waals surface area contributed by atoms with E-state index in [0.717, 1.165) is 25.7 Å². The van der Waals surface area contributed by atoms with Crippen LogP contribution >= 0.6 is 0 Å². The molecule has 0 saturated heterocycles. The Hall–Kier alpha value is -2.03. The first-order valence-corrected chi connectivity index (χ1v) is 7.03. The number of hydrogen-bond donors (Lipinski definition) is 3. The number of allylic oxidation sites excluding steroid dienone is 1. The number of nitriles is 1. The van der Waals surface area contributed by atoms with E-state index in [-0.39, 0.29) is 11.6 Å². The molecule has 1 aliphatic rings. The standard InChI is InChI=1S/C14H22N4O2/c1-10(12(9-15)13(19)18-14(16)20)17-11-7-5-3-2-4-6-8-11/h11,17H,2-8H2,1H3,(H3,16,18,19,20)/b12-10-. The highest BCUT2D eigenvalue weighted by Crippen LogP contribution is 2.18. The van der Waals surface area contributed by atoms with Gasteiger partial charge in [0, 0.05) is 11.7 Å². The molecule has 20 heavy (non-hydrogen) atoms. The molecule has 1 fully saturated rings. The number of nitrogens with zero attached hydrogens (tertiary/aromatic N) is 1. The highest BCUT2D eigenvalue weighted by Gasteiger charge is 2.17. The van der Waals surface area contributed by atoms with E-state index in [9.17, 15) is 9.59 Å². The van der Waals surface area contributed by atoms with Gasteiger partial charge in [-0.25, -0.2) is 4.79 Å². The number of primary amides is 1. The van der Waals surface area contributed by atoms with E-state index in [2.05, 4.69) is 5.32 Å². The van der Waals surface area contributed by atoms with Crippen LogP contribution in [-0.2, 0) is 4.79 Å². The predicted octanol–water partition coefficient (Wildman–Crippen LogP) is 1.68. The largest absolute Gasteiger partial charge is 0.385 e. The Labute approximate surface area is 119 Å². The van der Waals surface area contributed by atoms with Gasteiger partial charge < -0.3 is 11.1 Å². The topological polar surface area (TPSA) is 108 Å². The van der Waals surface area contributed by atoms with Gasteiger partial charge in [-0.1, -0.05) is 32.1 Å². The molecule has 0 atom stereocenters. The molecule has 0 heterocycles. The molecule has 1 rings (SSSR count). The molecule has 0 aromatic heterocycles. The molecule has 0 radical (unpaired) electrons. The third kappa shape index (κ3) is 5.31. The Morgan fingerprint density at radius 1 is 1.15 bits per heavy atom. The number of amides is 3. The zero-order valence-electron chi connectivity index (χ0n) is 11.9. The Bertz CT molecular complexity index is 429. The average Bonchev–Trinajstić information content (AvgIpc) is 2.32. The fourth-order valence-corrected chi connectivity index (χ4v) is 2.46. The van der Waals surface area contributed by atoms with Crippen molar-refractivity contribution < 1.29 is 9.59 Å². The van der Waals surface area contributed by atoms with E-state index in [1.807, 2.05) is 11.4 Å². The summed E-state index contributed by atoms with van der Waals surface area (Å²) in [5, 5.41) is 14.2. The molecule has 6 heteroatoms. The van der Waals surface area contributed by atoms with Crippen molar-refractivity contribution in [2.75, 3.05) is 0 Å². The van der Waals surface area contributed by atoms with Gasteiger partial charge in [-0.3, -0.25) is 10.1 Å². The van der Waals surface area contributed by atoms with E-state index in [1.165, 1.54) is 19.3 Å². The van der Waals surface area contributed by atoms with Crippen LogP contribution in [0.25, 0.3) is 0 Å². The lowest BCUT2D eigenvalue weighted by Crippen LogP contribution is -2.37. The summed E-state index contributed by atoms with van der Waals surface area (Å²) in [6, 6.07) is 1.14. The molecular formula is C14H22N4O2. The minimum absolute atomic E-state index is 0.0918. The molecule has 0 aromatic carbocycles. The quantitative estimate of drug-likeness (QED) is 0.539. The van der Waals surface area contributed by atoms with Gasteiger partial charge >= 0.3 is 6.03 Å². The van der Waals surface area contributed by atoms with Crippen LogP contribution in [0.3, 0.4) is 0 Å². The number of urea groups is 1. The molecule has 0 spiro atoms. The van der Waals surface area contributed by atoms with Crippen molar-refractivity contribution in [3.8, 4) is 6.07 Å². The van der Waals surface area contributed by atoms with Gasteiger partial charge in [-0.15, -0.1) is 0 Å². The van der Waals surface area contributed by atoms with Crippen LogP contribution in [0.2, 0.25) is 0 Å². The SMILES string of the molecule is C/C(NC1CCCCCCC1)=C(\C#N)C(=O)NC(N)=O. The summed E-state index contributed by atoms with van der Waals surface area (Å²) in [7, 11) is 0. The van der Waals surface area contributed by atoms with Crippen LogP contribution in [0, 0.1) is 11.3 Å². The van der Waals surface area contributed by atoms with Crippen molar-refractivity contribution >= 4 is 11.9 Å². The number of nitrogens with two attached hydrogens (primary N) is 1. The number of carbonyl (C=O) groups excluding carboxylic acids is 2. The molecule has 1 saturated carbocycles. The van der Waals surface area contributed by atoms with Gasteiger partial charge in [-0.05, 0) is 19.8 Å². The van der Waals surface area contributed by atoms with Crippen LogP contribution in [0.1, 0.15) is 51.9 Å². The van der Waals surface area contributed by atoms with Crippen LogP contribution in [0.4, 0.5) is 4.79 Å². The smallest absolute Gasteiger partial charge is 0.319 e. The lowest BCUT2D eigenvalue weighted by Gasteiger charge is -2.22. The summed E-state index contributed by atoms with van der Waals surface area (Å²) in [4.78, 5) is 22.3. The van der Waals surface area contributed by atoms with E-state index >= 15 is 0 Å². The van der Waals surface area contributed by atoms with Crippen molar-refractivity contribution in [3.05, 3.63) is 11.3 Å². The molecule has 0 unspecified atom stereocenters. The molecule has 110 valence electrons. The summed E-state index contributed by atoms with van der Waals surface area (Å²) in [6.45, 7) is 1.68. The van der Waals surface area contributed by atoms with Gasteiger partial charge in [0.25, 0.3) is 5.91 Å². The lowest BCUT2D eigenvalue weighted by molar-refractivity contribution is -0.116.